The minimum absolute atomic E-state index is 0.179. The number of carbonyl (C=O) groups is 1. The molecule has 16 heavy (non-hydrogen) atoms. The standard InChI is InChI=1S/C12H18N2O2/c1-3-12(2,13)11(16)14-8-9-6-4-5-7-10(9)15/h4-7,15H,3,8,13H2,1-2H3,(H,14,16). The topological polar surface area (TPSA) is 75.4 Å². The van der Waals surface area contributed by atoms with Crippen molar-refractivity contribution >= 4 is 5.91 Å². The van der Waals surface area contributed by atoms with Gasteiger partial charge in [-0.05, 0) is 19.4 Å². The second-order valence-electron chi connectivity index (χ2n) is 4.08. The zero-order chi connectivity index (χ0) is 12.2. The molecule has 0 saturated carbocycles. The molecule has 4 N–H and O–H groups in total. The van der Waals surface area contributed by atoms with Crippen molar-refractivity contribution in [3.8, 4) is 5.75 Å². The van der Waals surface area contributed by atoms with E-state index in [0.717, 1.165) is 0 Å². The number of benzene rings is 1. The number of nitrogens with two attached hydrogens (primary N) is 1. The second-order valence-corrected chi connectivity index (χ2v) is 4.08. The van der Waals surface area contributed by atoms with Crippen LogP contribution in [0.15, 0.2) is 24.3 Å². The van der Waals surface area contributed by atoms with Crippen LogP contribution in [0.25, 0.3) is 0 Å². The Morgan fingerprint density at radius 1 is 1.50 bits per heavy atom. The summed E-state index contributed by atoms with van der Waals surface area (Å²) in [5.74, 6) is -0.0312. The Morgan fingerprint density at radius 2 is 2.12 bits per heavy atom. The Morgan fingerprint density at radius 3 is 2.69 bits per heavy atom. The monoisotopic (exact) mass is 222 g/mol. The van der Waals surface area contributed by atoms with E-state index in [1.54, 1.807) is 25.1 Å². The average Bonchev–Trinajstić information content (AvgIpc) is 2.27. The van der Waals surface area contributed by atoms with Gasteiger partial charge in [0.25, 0.3) is 0 Å². The number of para-hydroxylation sites is 1. The third-order valence-corrected chi connectivity index (χ3v) is 2.68. The molecule has 0 radical (unpaired) electrons. The van der Waals surface area contributed by atoms with Gasteiger partial charge in [0.1, 0.15) is 5.75 Å². The molecule has 1 atom stereocenters. The van der Waals surface area contributed by atoms with E-state index in [4.69, 9.17) is 5.73 Å². The maximum atomic E-state index is 11.7. The maximum absolute atomic E-state index is 11.7. The number of phenols is 1. The van der Waals surface area contributed by atoms with Crippen LogP contribution in [0.5, 0.6) is 5.75 Å². The smallest absolute Gasteiger partial charge is 0.240 e. The van der Waals surface area contributed by atoms with Crippen LogP contribution in [0.2, 0.25) is 0 Å². The van der Waals surface area contributed by atoms with Crippen LogP contribution in [-0.2, 0) is 11.3 Å². The molecule has 0 spiro atoms. The maximum Gasteiger partial charge on any atom is 0.240 e. The molecule has 1 aromatic rings. The average molecular weight is 222 g/mol. The number of nitrogens with one attached hydrogen (secondary N) is 1. The number of rotatable bonds is 4. The molecule has 0 saturated heterocycles. The van der Waals surface area contributed by atoms with E-state index in [-0.39, 0.29) is 18.2 Å². The summed E-state index contributed by atoms with van der Waals surface area (Å²) in [6.45, 7) is 3.84. The van der Waals surface area contributed by atoms with E-state index in [9.17, 15) is 9.90 Å². The first-order chi connectivity index (χ1) is 7.47. The minimum Gasteiger partial charge on any atom is -0.508 e. The predicted octanol–water partition coefficient (Wildman–Crippen LogP) is 1.14. The molecule has 1 amide bonds. The van der Waals surface area contributed by atoms with Gasteiger partial charge in [0, 0.05) is 12.1 Å². The van der Waals surface area contributed by atoms with Crippen LogP contribution >= 0.6 is 0 Å². The Kier molecular flexibility index (Phi) is 3.90. The Bertz CT molecular complexity index is 375. The summed E-state index contributed by atoms with van der Waals surface area (Å²) in [6, 6.07) is 6.89. The highest BCUT2D eigenvalue weighted by atomic mass is 16.3. The quantitative estimate of drug-likeness (QED) is 0.715. The first kappa shape index (κ1) is 12.5. The highest BCUT2D eigenvalue weighted by molar-refractivity contribution is 5.85. The summed E-state index contributed by atoms with van der Waals surface area (Å²) in [5, 5.41) is 12.2. The summed E-state index contributed by atoms with van der Waals surface area (Å²) >= 11 is 0. The number of phenolic OH excluding ortho intramolecular Hbond substituents is 1. The van der Waals surface area contributed by atoms with Crippen molar-refractivity contribution in [3.05, 3.63) is 29.8 Å². The fourth-order valence-electron chi connectivity index (χ4n) is 1.20. The van der Waals surface area contributed by atoms with Gasteiger partial charge in [-0.15, -0.1) is 0 Å². The molecule has 0 aliphatic carbocycles. The number of amides is 1. The molecule has 0 aromatic heterocycles. The molecule has 4 heteroatoms. The van der Waals surface area contributed by atoms with Gasteiger partial charge in [0.2, 0.25) is 5.91 Å². The van der Waals surface area contributed by atoms with Gasteiger partial charge in [-0.1, -0.05) is 25.1 Å². The summed E-state index contributed by atoms with van der Waals surface area (Å²) in [5.41, 5.74) is 5.61. The molecule has 4 nitrogen and oxygen atoms in total. The SMILES string of the molecule is CCC(C)(N)C(=O)NCc1ccccc1O. The van der Waals surface area contributed by atoms with Gasteiger partial charge >= 0.3 is 0 Å². The van der Waals surface area contributed by atoms with E-state index >= 15 is 0 Å². The van der Waals surface area contributed by atoms with Gasteiger partial charge in [0.05, 0.1) is 5.54 Å². The summed E-state index contributed by atoms with van der Waals surface area (Å²) < 4.78 is 0. The van der Waals surface area contributed by atoms with Gasteiger partial charge in [-0.3, -0.25) is 4.79 Å². The van der Waals surface area contributed by atoms with Gasteiger partial charge in [-0.25, -0.2) is 0 Å². The van der Waals surface area contributed by atoms with Gasteiger partial charge in [-0.2, -0.15) is 0 Å². The molecule has 0 aliphatic heterocycles. The Labute approximate surface area is 95.5 Å². The van der Waals surface area contributed by atoms with Crippen molar-refractivity contribution in [2.45, 2.75) is 32.4 Å². The lowest BCUT2D eigenvalue weighted by molar-refractivity contribution is -0.126. The largest absolute Gasteiger partial charge is 0.508 e. The summed E-state index contributed by atoms with van der Waals surface area (Å²) in [4.78, 5) is 11.7. The first-order valence-corrected chi connectivity index (χ1v) is 5.31. The summed E-state index contributed by atoms with van der Waals surface area (Å²) in [7, 11) is 0. The van der Waals surface area contributed by atoms with E-state index in [1.165, 1.54) is 0 Å². The molecule has 88 valence electrons. The number of hydrogen-bond acceptors (Lipinski definition) is 3. The molecular formula is C12H18N2O2. The van der Waals surface area contributed by atoms with Crippen molar-refractivity contribution in [1.82, 2.24) is 5.32 Å². The Balaban J connectivity index is 2.59. The fourth-order valence-corrected chi connectivity index (χ4v) is 1.20. The van der Waals surface area contributed by atoms with Crippen LogP contribution in [0.1, 0.15) is 25.8 Å². The van der Waals surface area contributed by atoms with E-state index in [1.807, 2.05) is 13.0 Å². The van der Waals surface area contributed by atoms with Crippen LogP contribution in [-0.4, -0.2) is 16.6 Å². The first-order valence-electron chi connectivity index (χ1n) is 5.31. The zero-order valence-electron chi connectivity index (χ0n) is 9.66. The number of hydrogen-bond donors (Lipinski definition) is 3. The van der Waals surface area contributed by atoms with Gasteiger partial charge < -0.3 is 16.2 Å². The lowest BCUT2D eigenvalue weighted by atomic mass is 9.99. The second kappa shape index (κ2) is 4.99. The highest BCUT2D eigenvalue weighted by Gasteiger charge is 2.25. The van der Waals surface area contributed by atoms with Crippen LogP contribution in [0.3, 0.4) is 0 Å². The molecule has 0 bridgehead atoms. The van der Waals surface area contributed by atoms with E-state index < -0.39 is 5.54 Å². The molecule has 1 unspecified atom stereocenters. The fraction of sp³-hybridized carbons (Fsp3) is 0.417. The molecule has 1 aromatic carbocycles. The minimum atomic E-state index is -0.857. The van der Waals surface area contributed by atoms with Crippen molar-refractivity contribution in [1.29, 1.82) is 0 Å². The van der Waals surface area contributed by atoms with Crippen molar-refractivity contribution < 1.29 is 9.90 Å². The Hall–Kier alpha value is -1.55. The predicted molar refractivity (Wildman–Crippen MR) is 62.8 cm³/mol. The van der Waals surface area contributed by atoms with Crippen LogP contribution in [0.4, 0.5) is 0 Å². The number of carbonyl (C=O) groups excluding carboxylic acids is 1. The van der Waals surface area contributed by atoms with Crippen LogP contribution in [0, 0.1) is 0 Å². The molecule has 0 aliphatic rings. The lowest BCUT2D eigenvalue weighted by Crippen LogP contribution is -2.50. The van der Waals surface area contributed by atoms with E-state index in [2.05, 4.69) is 5.32 Å². The molecular weight excluding hydrogens is 204 g/mol. The molecule has 0 heterocycles. The highest BCUT2D eigenvalue weighted by Crippen LogP contribution is 2.15. The summed E-state index contributed by atoms with van der Waals surface area (Å²) in [6.07, 6.45) is 0.569. The van der Waals surface area contributed by atoms with Crippen molar-refractivity contribution in [3.63, 3.8) is 0 Å². The van der Waals surface area contributed by atoms with Crippen molar-refractivity contribution in [2.75, 3.05) is 0 Å². The lowest BCUT2D eigenvalue weighted by Gasteiger charge is -2.21. The van der Waals surface area contributed by atoms with E-state index in [0.29, 0.717) is 12.0 Å². The third kappa shape index (κ3) is 2.97. The number of aromatic hydroxyl groups is 1. The molecule has 1 rings (SSSR count). The van der Waals surface area contributed by atoms with Crippen molar-refractivity contribution in [2.24, 2.45) is 5.73 Å². The van der Waals surface area contributed by atoms with Gasteiger partial charge in [0.15, 0.2) is 0 Å². The van der Waals surface area contributed by atoms with Crippen LogP contribution < -0.4 is 11.1 Å². The third-order valence-electron chi connectivity index (χ3n) is 2.68. The normalized spacial score (nSPS) is 14.2. The zero-order valence-corrected chi connectivity index (χ0v) is 9.66. The molecule has 0 fully saturated rings.